The van der Waals surface area contributed by atoms with E-state index in [4.69, 9.17) is 12.2 Å². The van der Waals surface area contributed by atoms with Crippen molar-refractivity contribution in [2.24, 2.45) is 0 Å². The number of hydrogen-bond donors (Lipinski definition) is 1. The van der Waals surface area contributed by atoms with Crippen molar-refractivity contribution in [2.45, 2.75) is 31.8 Å². The van der Waals surface area contributed by atoms with Gasteiger partial charge in [-0.3, -0.25) is 4.98 Å². The molecular formula is C16H18BrN3S2. The smallest absolute Gasteiger partial charge is 0.170 e. The maximum absolute atomic E-state index is 5.59. The molecule has 2 unspecified atom stereocenters. The minimum Gasteiger partial charge on any atom is -0.352 e. The first kappa shape index (κ1) is 15.9. The average molecular weight is 396 g/mol. The van der Waals surface area contributed by atoms with Crippen molar-refractivity contribution < 1.29 is 0 Å². The van der Waals surface area contributed by atoms with E-state index in [1.165, 1.54) is 4.88 Å². The molecule has 6 heteroatoms. The number of nitrogens with one attached hydrogen (secondary N) is 1. The van der Waals surface area contributed by atoms with Gasteiger partial charge in [0.2, 0.25) is 0 Å². The fourth-order valence-corrected chi connectivity index (χ4v) is 4.69. The fraction of sp³-hybridized carbons (Fsp3) is 0.375. The van der Waals surface area contributed by atoms with E-state index in [9.17, 15) is 0 Å². The molecule has 2 aromatic rings. The Morgan fingerprint density at radius 3 is 2.95 bits per heavy atom. The summed E-state index contributed by atoms with van der Waals surface area (Å²) in [5, 5.41) is 6.43. The van der Waals surface area contributed by atoms with Crippen LogP contribution in [0, 0.1) is 0 Å². The Kier molecular flexibility index (Phi) is 5.10. The summed E-state index contributed by atoms with van der Waals surface area (Å²) in [6, 6.07) is 8.56. The van der Waals surface area contributed by atoms with Gasteiger partial charge >= 0.3 is 0 Å². The summed E-state index contributed by atoms with van der Waals surface area (Å²) in [7, 11) is 0. The Balaban J connectivity index is 1.96. The highest BCUT2D eigenvalue weighted by atomic mass is 79.9. The predicted molar refractivity (Wildman–Crippen MR) is 99.1 cm³/mol. The Bertz CT molecular complexity index is 644. The fourth-order valence-electron chi connectivity index (χ4n) is 2.77. The number of unbranched alkanes of at least 4 members (excludes halogenated alkanes) is 1. The average Bonchev–Trinajstić information content (AvgIpc) is 3.09. The normalized spacial score (nSPS) is 21.2. The van der Waals surface area contributed by atoms with E-state index < -0.39 is 0 Å². The number of thiophene rings is 1. The number of hydrogen-bond acceptors (Lipinski definition) is 3. The summed E-state index contributed by atoms with van der Waals surface area (Å²) in [4.78, 5) is 8.16. The first-order valence-corrected chi connectivity index (χ1v) is 9.50. The zero-order valence-corrected chi connectivity index (χ0v) is 15.5. The maximum Gasteiger partial charge on any atom is 0.170 e. The Labute approximate surface area is 148 Å². The van der Waals surface area contributed by atoms with Crippen LogP contribution in [0.3, 0.4) is 0 Å². The molecule has 1 fully saturated rings. The van der Waals surface area contributed by atoms with Crippen molar-refractivity contribution >= 4 is 44.6 Å². The topological polar surface area (TPSA) is 28.2 Å². The lowest BCUT2D eigenvalue weighted by Crippen LogP contribution is -2.30. The molecule has 0 saturated carbocycles. The molecule has 1 N–H and O–H groups in total. The van der Waals surface area contributed by atoms with Gasteiger partial charge in [0.25, 0.3) is 0 Å². The van der Waals surface area contributed by atoms with E-state index in [2.05, 4.69) is 55.6 Å². The second-order valence-corrected chi connectivity index (χ2v) is 7.59. The predicted octanol–water partition coefficient (Wildman–Crippen LogP) is 4.68. The SMILES string of the molecule is CCCCN1C(=S)NC(c2ccccn2)C1c1cc(Br)cs1. The van der Waals surface area contributed by atoms with E-state index in [-0.39, 0.29) is 12.1 Å². The summed E-state index contributed by atoms with van der Waals surface area (Å²) < 4.78 is 1.13. The second-order valence-electron chi connectivity index (χ2n) is 5.34. The molecule has 3 rings (SSSR count). The highest BCUT2D eigenvalue weighted by Crippen LogP contribution is 2.41. The van der Waals surface area contributed by atoms with Crippen LogP contribution in [0.5, 0.6) is 0 Å². The standard InChI is InChI=1S/C16H18BrN3S2/c1-2-3-8-20-15(13-9-11(17)10-22-13)14(19-16(20)21)12-6-4-5-7-18-12/h4-7,9-10,14-15H,2-3,8H2,1H3,(H,19,21). The summed E-state index contributed by atoms with van der Waals surface area (Å²) in [6.07, 6.45) is 4.14. The van der Waals surface area contributed by atoms with Gasteiger partial charge in [-0.05, 0) is 52.8 Å². The van der Waals surface area contributed by atoms with Crippen LogP contribution in [0.2, 0.25) is 0 Å². The van der Waals surface area contributed by atoms with Crippen molar-refractivity contribution in [3.8, 4) is 0 Å². The highest BCUT2D eigenvalue weighted by molar-refractivity contribution is 9.10. The van der Waals surface area contributed by atoms with E-state index in [1.54, 1.807) is 11.3 Å². The summed E-state index contributed by atoms with van der Waals surface area (Å²) >= 11 is 10.9. The van der Waals surface area contributed by atoms with Gasteiger partial charge in [0.05, 0.1) is 17.8 Å². The lowest BCUT2D eigenvalue weighted by Gasteiger charge is -2.26. The molecule has 1 aliphatic rings. The molecule has 1 aliphatic heterocycles. The van der Waals surface area contributed by atoms with Gasteiger partial charge in [0.15, 0.2) is 5.11 Å². The van der Waals surface area contributed by atoms with Gasteiger partial charge in [0, 0.05) is 27.5 Å². The highest BCUT2D eigenvalue weighted by Gasteiger charge is 2.40. The summed E-state index contributed by atoms with van der Waals surface area (Å²) in [5.41, 5.74) is 1.04. The molecule has 1 saturated heterocycles. The van der Waals surface area contributed by atoms with Gasteiger partial charge < -0.3 is 10.2 Å². The Morgan fingerprint density at radius 1 is 1.45 bits per heavy atom. The first-order valence-electron chi connectivity index (χ1n) is 7.42. The van der Waals surface area contributed by atoms with Gasteiger partial charge in [-0.15, -0.1) is 11.3 Å². The number of aromatic nitrogens is 1. The third kappa shape index (κ3) is 3.19. The third-order valence-corrected chi connectivity index (χ3v) is 5.95. The van der Waals surface area contributed by atoms with Gasteiger partial charge in [-0.2, -0.15) is 0 Å². The molecular weight excluding hydrogens is 378 g/mol. The molecule has 116 valence electrons. The number of pyridine rings is 1. The van der Waals surface area contributed by atoms with Crippen molar-refractivity contribution in [3.63, 3.8) is 0 Å². The van der Waals surface area contributed by atoms with Crippen LogP contribution in [0.1, 0.15) is 42.4 Å². The van der Waals surface area contributed by atoms with Crippen molar-refractivity contribution in [3.05, 3.63) is 50.9 Å². The minimum atomic E-state index is 0.108. The lowest BCUT2D eigenvalue weighted by atomic mass is 10.0. The van der Waals surface area contributed by atoms with Crippen LogP contribution in [0.25, 0.3) is 0 Å². The molecule has 0 radical (unpaired) electrons. The van der Waals surface area contributed by atoms with Crippen molar-refractivity contribution in [2.75, 3.05) is 6.54 Å². The molecule has 2 aromatic heterocycles. The number of rotatable bonds is 5. The van der Waals surface area contributed by atoms with Crippen LogP contribution in [0.15, 0.2) is 40.3 Å². The van der Waals surface area contributed by atoms with Gasteiger partial charge in [-0.1, -0.05) is 19.4 Å². The van der Waals surface area contributed by atoms with Crippen molar-refractivity contribution in [1.82, 2.24) is 15.2 Å². The van der Waals surface area contributed by atoms with Crippen molar-refractivity contribution in [1.29, 1.82) is 0 Å². The lowest BCUT2D eigenvalue weighted by molar-refractivity contribution is 0.317. The molecule has 2 atom stereocenters. The van der Waals surface area contributed by atoms with Gasteiger partial charge in [-0.25, -0.2) is 0 Å². The van der Waals surface area contributed by atoms with E-state index in [0.29, 0.717) is 0 Å². The van der Waals surface area contributed by atoms with E-state index in [0.717, 1.165) is 34.7 Å². The van der Waals surface area contributed by atoms with Crippen LogP contribution in [0.4, 0.5) is 0 Å². The second kappa shape index (κ2) is 7.06. The van der Waals surface area contributed by atoms with Gasteiger partial charge in [0.1, 0.15) is 0 Å². The molecule has 0 bridgehead atoms. The van der Waals surface area contributed by atoms with Crippen LogP contribution in [-0.2, 0) is 0 Å². The minimum absolute atomic E-state index is 0.108. The Hall–Kier alpha value is -0.980. The molecule has 0 aromatic carbocycles. The number of nitrogens with zero attached hydrogens (tertiary/aromatic N) is 2. The third-order valence-electron chi connectivity index (χ3n) is 3.83. The molecule has 3 heterocycles. The number of halogens is 1. The zero-order valence-electron chi connectivity index (χ0n) is 12.3. The first-order chi connectivity index (χ1) is 10.7. The van der Waals surface area contributed by atoms with Crippen LogP contribution in [-0.4, -0.2) is 21.5 Å². The molecule has 0 amide bonds. The van der Waals surface area contributed by atoms with Crippen LogP contribution < -0.4 is 5.32 Å². The Morgan fingerprint density at radius 2 is 2.32 bits per heavy atom. The van der Waals surface area contributed by atoms with E-state index in [1.807, 2.05) is 18.3 Å². The summed E-state index contributed by atoms with van der Waals surface area (Å²) in [6.45, 7) is 3.19. The molecule has 22 heavy (non-hydrogen) atoms. The largest absolute Gasteiger partial charge is 0.352 e. The molecule has 3 nitrogen and oxygen atoms in total. The van der Waals surface area contributed by atoms with Crippen LogP contribution >= 0.6 is 39.5 Å². The van der Waals surface area contributed by atoms with E-state index >= 15 is 0 Å². The summed E-state index contributed by atoms with van der Waals surface area (Å²) in [5.74, 6) is 0. The molecule has 0 aliphatic carbocycles. The quantitative estimate of drug-likeness (QED) is 0.743. The monoisotopic (exact) mass is 395 g/mol. The zero-order chi connectivity index (χ0) is 15.5. The molecule has 0 spiro atoms. The maximum atomic E-state index is 5.59. The number of thiocarbonyl (C=S) groups is 1.